The highest BCUT2D eigenvalue weighted by atomic mass is 31.2. The van der Waals surface area contributed by atoms with Crippen molar-refractivity contribution in [2.75, 3.05) is 13.2 Å². The quantitative estimate of drug-likeness (QED) is 0.379. The molecule has 30 heavy (non-hydrogen) atoms. The first kappa shape index (κ1) is 21.3. The predicted octanol–water partition coefficient (Wildman–Crippen LogP) is 3.03. The summed E-state index contributed by atoms with van der Waals surface area (Å²) in [5.74, 6) is -2.78. The van der Waals surface area contributed by atoms with Gasteiger partial charge in [-0.05, 0) is 30.5 Å². The van der Waals surface area contributed by atoms with E-state index in [4.69, 9.17) is 18.3 Å². The molecule has 1 aromatic carbocycles. The maximum atomic E-state index is 13.6. The number of benzene rings is 1. The summed E-state index contributed by atoms with van der Waals surface area (Å²) >= 11 is 0. The van der Waals surface area contributed by atoms with Crippen LogP contribution in [0.5, 0.6) is 0 Å². The van der Waals surface area contributed by atoms with Crippen molar-refractivity contribution in [1.29, 1.82) is 0 Å². The molecule has 3 aliphatic rings. The smallest absolute Gasteiger partial charge is 0.349 e. The molecule has 3 aliphatic heterocycles. The summed E-state index contributed by atoms with van der Waals surface area (Å²) in [6.07, 6.45) is -0.579. The number of ketones is 1. The first-order valence-corrected chi connectivity index (χ1v) is 11.0. The highest BCUT2D eigenvalue weighted by molar-refractivity contribution is 7.48. The van der Waals surface area contributed by atoms with Crippen molar-refractivity contribution in [1.82, 2.24) is 4.90 Å². The molecule has 1 unspecified atom stereocenters. The summed E-state index contributed by atoms with van der Waals surface area (Å²) in [5.41, 5.74) is 0.917. The summed E-state index contributed by atoms with van der Waals surface area (Å²) in [5, 5.41) is 0. The number of fused-ring (bicyclic) bond motifs is 1. The molecule has 4 rings (SSSR count). The number of halogens is 2. The molecule has 2 saturated heterocycles. The van der Waals surface area contributed by atoms with Crippen molar-refractivity contribution in [3.63, 3.8) is 0 Å². The lowest BCUT2D eigenvalue weighted by Gasteiger charge is -2.30. The van der Waals surface area contributed by atoms with Crippen LogP contribution in [0.2, 0.25) is 0 Å². The number of hydrogen-bond acceptors (Lipinski definition) is 7. The normalized spacial score (nSPS) is 31.6. The second-order valence-corrected chi connectivity index (χ2v) is 8.81. The molecular weight excluding hydrogens is 423 g/mol. The van der Waals surface area contributed by atoms with Gasteiger partial charge in [-0.1, -0.05) is 12.1 Å². The van der Waals surface area contributed by atoms with E-state index >= 15 is 0 Å². The lowest BCUT2D eigenvalue weighted by atomic mass is 10.1. The number of amides is 1. The summed E-state index contributed by atoms with van der Waals surface area (Å²) in [6, 6.07) is 6.06. The molecular formula is C19H20F2NO7P. The van der Waals surface area contributed by atoms with E-state index in [0.29, 0.717) is 12.8 Å². The maximum Gasteiger partial charge on any atom is 0.475 e. The van der Waals surface area contributed by atoms with Gasteiger partial charge in [0, 0.05) is 12.6 Å². The van der Waals surface area contributed by atoms with Crippen LogP contribution in [0.3, 0.4) is 0 Å². The first-order chi connectivity index (χ1) is 14.3. The predicted molar refractivity (Wildman–Crippen MR) is 98.0 cm³/mol. The van der Waals surface area contributed by atoms with Crippen LogP contribution in [0.15, 0.2) is 36.3 Å². The molecule has 1 aromatic rings. The van der Waals surface area contributed by atoms with Gasteiger partial charge in [-0.25, -0.2) is 13.3 Å². The number of carbonyl (C=O) groups is 2. The number of aryl methyl sites for hydroxylation is 1. The van der Waals surface area contributed by atoms with Crippen molar-refractivity contribution < 1.29 is 41.2 Å². The SMILES string of the molecule is O=C1CC(=O)N([C@H]2C[C@@H]3OP(=O)(OCCCc4ccc(F)cc4)OC[C@H]3O2)C=C1F. The molecule has 0 radical (unpaired) electrons. The van der Waals surface area contributed by atoms with Crippen molar-refractivity contribution in [2.24, 2.45) is 0 Å². The van der Waals surface area contributed by atoms with Crippen LogP contribution in [0.25, 0.3) is 0 Å². The lowest BCUT2D eigenvalue weighted by Crippen LogP contribution is -2.40. The van der Waals surface area contributed by atoms with E-state index in [2.05, 4.69) is 0 Å². The zero-order valence-corrected chi connectivity index (χ0v) is 16.8. The van der Waals surface area contributed by atoms with Gasteiger partial charge in [0.1, 0.15) is 24.3 Å². The third-order valence-corrected chi connectivity index (χ3v) is 6.54. The third-order valence-electron chi connectivity index (χ3n) is 5.04. The Bertz CT molecular complexity index is 907. The van der Waals surface area contributed by atoms with Crippen molar-refractivity contribution >= 4 is 19.5 Å². The Morgan fingerprint density at radius 2 is 1.93 bits per heavy atom. The van der Waals surface area contributed by atoms with Crippen LogP contribution in [-0.2, 0) is 38.9 Å². The van der Waals surface area contributed by atoms with E-state index in [1.165, 1.54) is 12.1 Å². The van der Waals surface area contributed by atoms with Gasteiger partial charge >= 0.3 is 7.82 Å². The van der Waals surface area contributed by atoms with Gasteiger partial charge in [0.25, 0.3) is 0 Å². The first-order valence-electron chi connectivity index (χ1n) is 9.52. The Morgan fingerprint density at radius 3 is 2.70 bits per heavy atom. The van der Waals surface area contributed by atoms with Gasteiger partial charge in [0.2, 0.25) is 11.7 Å². The largest absolute Gasteiger partial charge is 0.475 e. The molecule has 1 amide bonds. The Hall–Kier alpha value is -1.97. The van der Waals surface area contributed by atoms with Gasteiger partial charge in [-0.15, -0.1) is 0 Å². The summed E-state index contributed by atoms with van der Waals surface area (Å²) in [6.45, 7) is 0.0422. The number of rotatable bonds is 6. The van der Waals surface area contributed by atoms with Crippen LogP contribution >= 0.6 is 7.82 Å². The molecule has 162 valence electrons. The van der Waals surface area contributed by atoms with Crippen LogP contribution in [0.1, 0.15) is 24.8 Å². The number of phosphoric ester groups is 1. The molecule has 11 heteroatoms. The van der Waals surface area contributed by atoms with E-state index in [-0.39, 0.29) is 25.5 Å². The van der Waals surface area contributed by atoms with Crippen LogP contribution < -0.4 is 0 Å². The van der Waals surface area contributed by atoms with Crippen LogP contribution in [0, 0.1) is 5.82 Å². The number of allylic oxidation sites excluding steroid dienone is 1. The molecule has 8 nitrogen and oxygen atoms in total. The summed E-state index contributed by atoms with van der Waals surface area (Å²) in [7, 11) is -3.80. The fraction of sp³-hybridized carbons (Fsp3) is 0.474. The Labute approximate surface area is 171 Å². The highest BCUT2D eigenvalue weighted by Gasteiger charge is 2.49. The molecule has 2 fully saturated rings. The van der Waals surface area contributed by atoms with Gasteiger partial charge in [0.15, 0.2) is 5.83 Å². The fourth-order valence-electron chi connectivity index (χ4n) is 3.49. The summed E-state index contributed by atoms with van der Waals surface area (Å²) in [4.78, 5) is 24.3. The molecule has 4 atom stereocenters. The Morgan fingerprint density at radius 1 is 1.17 bits per heavy atom. The van der Waals surface area contributed by atoms with Crippen molar-refractivity contribution in [3.8, 4) is 0 Å². The van der Waals surface area contributed by atoms with E-state index in [1.807, 2.05) is 0 Å². The van der Waals surface area contributed by atoms with Crippen molar-refractivity contribution in [3.05, 3.63) is 47.7 Å². The number of ether oxygens (including phenoxy) is 1. The van der Waals surface area contributed by atoms with E-state index in [1.54, 1.807) is 12.1 Å². The fourth-order valence-corrected chi connectivity index (χ4v) is 4.92. The molecule has 0 bridgehead atoms. The average Bonchev–Trinajstić information content (AvgIpc) is 3.12. The number of Topliss-reactive ketones (excluding diaryl/α,β-unsaturated/α-hetero) is 1. The van der Waals surface area contributed by atoms with Gasteiger partial charge in [-0.3, -0.25) is 28.1 Å². The minimum atomic E-state index is -3.80. The molecule has 3 heterocycles. The minimum absolute atomic E-state index is 0.0659. The van der Waals surface area contributed by atoms with Gasteiger partial charge < -0.3 is 4.74 Å². The van der Waals surface area contributed by atoms with Crippen LogP contribution in [0.4, 0.5) is 8.78 Å². The standard InChI is InChI=1S/C19H20F2NO7P/c20-13-5-3-12(4-6-13)2-1-7-26-30(25)27-11-17-16(29-30)9-19(28-17)22-10-14(21)15(23)8-18(22)24/h3-6,10,16-17,19H,1-2,7-9,11H2/t16-,17+,19+,30?/m0/s1. The van der Waals surface area contributed by atoms with E-state index < -0.39 is 50.2 Å². The molecule has 0 N–H and O–H groups in total. The summed E-state index contributed by atoms with van der Waals surface area (Å²) < 4.78 is 60.9. The Balaban J connectivity index is 1.29. The zero-order valence-electron chi connectivity index (χ0n) is 15.9. The molecule has 0 spiro atoms. The number of hydrogen-bond donors (Lipinski definition) is 0. The maximum absolute atomic E-state index is 13.6. The van der Waals surface area contributed by atoms with Crippen molar-refractivity contribution in [2.45, 2.75) is 44.1 Å². The third kappa shape index (κ3) is 4.68. The Kier molecular flexibility index (Phi) is 6.13. The molecule has 0 saturated carbocycles. The minimum Gasteiger partial charge on any atom is -0.349 e. The molecule has 0 aliphatic carbocycles. The van der Waals surface area contributed by atoms with E-state index in [9.17, 15) is 22.9 Å². The van der Waals surface area contributed by atoms with E-state index in [0.717, 1.165) is 16.7 Å². The highest BCUT2D eigenvalue weighted by Crippen LogP contribution is 2.56. The van der Waals surface area contributed by atoms with Gasteiger partial charge in [-0.2, -0.15) is 0 Å². The topological polar surface area (TPSA) is 91.4 Å². The average molecular weight is 443 g/mol. The number of carbonyl (C=O) groups excluding carboxylic acids is 2. The number of nitrogens with zero attached hydrogens (tertiary/aromatic N) is 1. The second kappa shape index (κ2) is 8.64. The lowest BCUT2D eigenvalue weighted by molar-refractivity contribution is -0.146. The second-order valence-electron chi connectivity index (χ2n) is 7.19. The monoisotopic (exact) mass is 443 g/mol. The van der Waals surface area contributed by atoms with Crippen LogP contribution in [-0.4, -0.2) is 48.2 Å². The zero-order chi connectivity index (χ0) is 21.3. The van der Waals surface area contributed by atoms with Gasteiger partial charge in [0.05, 0.1) is 19.6 Å². The molecule has 0 aromatic heterocycles. The number of phosphoric acid groups is 1.